The fourth-order valence-electron chi connectivity index (χ4n) is 2.91. The van der Waals surface area contributed by atoms with Gasteiger partial charge in [-0.15, -0.1) is 0 Å². The van der Waals surface area contributed by atoms with Crippen LogP contribution in [0.3, 0.4) is 0 Å². The zero-order chi connectivity index (χ0) is 26.8. The summed E-state index contributed by atoms with van der Waals surface area (Å²) < 4.78 is 69.3. The Hall–Kier alpha value is -4.76. The van der Waals surface area contributed by atoms with E-state index in [1.54, 1.807) is 0 Å². The minimum atomic E-state index is -5.06. The number of carbonyl (C=O) groups is 1. The molecule has 0 amide bonds. The molecule has 0 saturated carbocycles. The van der Waals surface area contributed by atoms with Crippen molar-refractivity contribution in [3.8, 4) is 23.1 Å². The number of alkyl halides is 3. The molecule has 0 saturated heterocycles. The van der Waals surface area contributed by atoms with Crippen LogP contribution in [0, 0.1) is 15.9 Å². The number of pyridine rings is 1. The predicted molar refractivity (Wildman–Crippen MR) is 111 cm³/mol. The Morgan fingerprint density at radius 2 is 1.89 bits per heavy atom. The number of halogens is 4. The van der Waals surface area contributed by atoms with Crippen LogP contribution in [0.25, 0.3) is 5.69 Å². The SMILES string of the molecule is COC(=O)COc1ncccc1Oc1cc(-n2c(=O)cc(C(F)(F)F)n(C)c2=O)c(F)cc1[N+](=O)[O-]. The van der Waals surface area contributed by atoms with Crippen molar-refractivity contribution in [2.75, 3.05) is 13.7 Å². The van der Waals surface area contributed by atoms with Crippen molar-refractivity contribution in [1.29, 1.82) is 0 Å². The second kappa shape index (κ2) is 9.85. The number of nitrogens with zero attached hydrogens (tertiary/aromatic N) is 4. The summed E-state index contributed by atoms with van der Waals surface area (Å²) >= 11 is 0. The van der Waals surface area contributed by atoms with E-state index < -0.39 is 63.6 Å². The summed E-state index contributed by atoms with van der Waals surface area (Å²) in [5, 5.41) is 11.5. The third-order valence-corrected chi connectivity index (χ3v) is 4.59. The minimum Gasteiger partial charge on any atom is -0.466 e. The Morgan fingerprint density at radius 3 is 2.50 bits per heavy atom. The molecule has 0 aliphatic carbocycles. The van der Waals surface area contributed by atoms with Gasteiger partial charge in [-0.1, -0.05) is 0 Å². The summed E-state index contributed by atoms with van der Waals surface area (Å²) in [4.78, 5) is 50.5. The van der Waals surface area contributed by atoms with Crippen molar-refractivity contribution >= 4 is 11.7 Å². The maximum absolute atomic E-state index is 14.8. The molecule has 3 rings (SSSR count). The maximum Gasteiger partial charge on any atom is 0.431 e. The molecule has 36 heavy (non-hydrogen) atoms. The van der Waals surface area contributed by atoms with Gasteiger partial charge in [-0.3, -0.25) is 19.5 Å². The van der Waals surface area contributed by atoms with Gasteiger partial charge in [-0.2, -0.15) is 13.2 Å². The smallest absolute Gasteiger partial charge is 0.431 e. The monoisotopic (exact) mass is 514 g/mol. The highest BCUT2D eigenvalue weighted by atomic mass is 19.4. The summed E-state index contributed by atoms with van der Waals surface area (Å²) in [5.41, 5.74) is -6.59. The van der Waals surface area contributed by atoms with E-state index in [2.05, 4.69) is 9.72 Å². The number of ether oxygens (including phenoxy) is 3. The van der Waals surface area contributed by atoms with E-state index in [0.717, 1.165) is 7.11 Å². The molecule has 0 fully saturated rings. The predicted octanol–water partition coefficient (Wildman–Crippen LogP) is 2.34. The first-order chi connectivity index (χ1) is 16.8. The van der Waals surface area contributed by atoms with E-state index in [1.165, 1.54) is 18.3 Å². The lowest BCUT2D eigenvalue weighted by molar-refractivity contribution is -0.385. The van der Waals surface area contributed by atoms with E-state index in [0.29, 0.717) is 19.2 Å². The first-order valence-corrected chi connectivity index (χ1v) is 9.56. The summed E-state index contributed by atoms with van der Waals surface area (Å²) in [6, 6.07) is 3.52. The molecule has 0 aliphatic heterocycles. The Balaban J connectivity index is 2.17. The van der Waals surface area contributed by atoms with Crippen LogP contribution in [0.1, 0.15) is 5.69 Å². The van der Waals surface area contributed by atoms with Gasteiger partial charge < -0.3 is 14.2 Å². The van der Waals surface area contributed by atoms with Gasteiger partial charge in [0.25, 0.3) is 11.4 Å². The van der Waals surface area contributed by atoms with Gasteiger partial charge >= 0.3 is 23.5 Å². The van der Waals surface area contributed by atoms with Gasteiger partial charge in [-0.05, 0) is 12.1 Å². The van der Waals surface area contributed by atoms with Crippen molar-refractivity contribution < 1.29 is 41.5 Å². The van der Waals surface area contributed by atoms with E-state index in [9.17, 15) is 42.1 Å². The third-order valence-electron chi connectivity index (χ3n) is 4.59. The topological polar surface area (TPSA) is 145 Å². The molecule has 0 atom stereocenters. The number of hydrogen-bond acceptors (Lipinski definition) is 9. The summed E-state index contributed by atoms with van der Waals surface area (Å²) in [7, 11) is 1.81. The number of carbonyl (C=O) groups excluding carboxylic acids is 1. The van der Waals surface area contributed by atoms with Crippen molar-refractivity contribution in [3.63, 3.8) is 0 Å². The zero-order valence-corrected chi connectivity index (χ0v) is 18.2. The molecule has 190 valence electrons. The average Bonchev–Trinajstić information content (AvgIpc) is 2.81. The van der Waals surface area contributed by atoms with Crippen LogP contribution in [0.15, 0.2) is 46.1 Å². The number of aromatic nitrogens is 3. The molecule has 0 aliphatic rings. The molecular formula is C20H14F4N4O8. The fourth-order valence-corrected chi connectivity index (χ4v) is 2.91. The maximum atomic E-state index is 14.8. The van der Waals surface area contributed by atoms with Gasteiger partial charge in [0, 0.05) is 25.4 Å². The first kappa shape index (κ1) is 25.9. The largest absolute Gasteiger partial charge is 0.466 e. The highest BCUT2D eigenvalue weighted by Crippen LogP contribution is 2.37. The van der Waals surface area contributed by atoms with Crippen LogP contribution in [0.2, 0.25) is 0 Å². The second-order valence-corrected chi connectivity index (χ2v) is 6.84. The van der Waals surface area contributed by atoms with Gasteiger partial charge in [0.15, 0.2) is 18.2 Å². The standard InChI is InChI=1S/C20H14F4N4O8/c1-26-15(20(22,23)24)8-16(29)27(19(26)31)11-7-14(12(28(32)33)6-10(11)21)36-13-4-3-5-25-18(13)35-9-17(30)34-2/h3-8H,9H2,1-2H3. The van der Waals surface area contributed by atoms with Gasteiger partial charge in [0.2, 0.25) is 5.75 Å². The second-order valence-electron chi connectivity index (χ2n) is 6.84. The van der Waals surface area contributed by atoms with Gasteiger partial charge in [0.05, 0.1) is 23.8 Å². The number of methoxy groups -OCH3 is 1. The molecule has 2 aromatic heterocycles. The van der Waals surface area contributed by atoms with Crippen molar-refractivity contribution in [2.45, 2.75) is 6.18 Å². The van der Waals surface area contributed by atoms with Crippen molar-refractivity contribution in [3.05, 3.63) is 79.0 Å². The van der Waals surface area contributed by atoms with Crippen molar-refractivity contribution in [1.82, 2.24) is 14.1 Å². The molecular weight excluding hydrogens is 500 g/mol. The van der Waals surface area contributed by atoms with Crippen molar-refractivity contribution in [2.24, 2.45) is 7.05 Å². The number of esters is 1. The molecule has 0 radical (unpaired) electrons. The molecule has 0 N–H and O–H groups in total. The fraction of sp³-hybridized carbons (Fsp3) is 0.200. The van der Waals surface area contributed by atoms with Crippen LogP contribution >= 0.6 is 0 Å². The van der Waals surface area contributed by atoms with E-state index in [4.69, 9.17) is 9.47 Å². The molecule has 2 heterocycles. The van der Waals surface area contributed by atoms with Crippen LogP contribution in [0.4, 0.5) is 23.2 Å². The molecule has 0 unspecified atom stereocenters. The third kappa shape index (κ3) is 5.16. The lowest BCUT2D eigenvalue weighted by Gasteiger charge is -2.15. The van der Waals surface area contributed by atoms with E-state index >= 15 is 0 Å². The highest BCUT2D eigenvalue weighted by Gasteiger charge is 2.35. The quantitative estimate of drug-likeness (QED) is 0.201. The molecule has 12 nitrogen and oxygen atoms in total. The number of nitro groups is 1. The average molecular weight is 514 g/mol. The minimum absolute atomic E-state index is 0.0546. The lowest BCUT2D eigenvalue weighted by atomic mass is 10.2. The molecule has 16 heteroatoms. The number of benzene rings is 1. The highest BCUT2D eigenvalue weighted by molar-refractivity contribution is 5.71. The zero-order valence-electron chi connectivity index (χ0n) is 18.2. The van der Waals surface area contributed by atoms with E-state index in [1.807, 2.05) is 0 Å². The van der Waals surface area contributed by atoms with Crippen LogP contribution in [-0.2, 0) is 22.8 Å². The number of nitro benzene ring substituents is 1. The molecule has 0 spiro atoms. The van der Waals surface area contributed by atoms with Crippen LogP contribution in [-0.4, -0.2) is 38.7 Å². The van der Waals surface area contributed by atoms with Gasteiger partial charge in [0.1, 0.15) is 5.69 Å². The van der Waals surface area contributed by atoms with Crippen LogP contribution < -0.4 is 20.7 Å². The molecule has 1 aromatic carbocycles. The number of rotatable bonds is 7. The number of hydrogen-bond donors (Lipinski definition) is 0. The summed E-state index contributed by atoms with van der Waals surface area (Å²) in [5.74, 6) is -3.61. The summed E-state index contributed by atoms with van der Waals surface area (Å²) in [6.45, 7) is -0.613. The first-order valence-electron chi connectivity index (χ1n) is 9.56. The lowest BCUT2D eigenvalue weighted by Crippen LogP contribution is -2.41. The van der Waals surface area contributed by atoms with Gasteiger partial charge in [-0.25, -0.2) is 23.5 Å². The molecule has 3 aromatic rings. The normalized spacial score (nSPS) is 11.2. The Kier molecular flexibility index (Phi) is 7.07. The Morgan fingerprint density at radius 1 is 1.19 bits per heavy atom. The Labute approximate surface area is 197 Å². The van der Waals surface area contributed by atoms with E-state index in [-0.39, 0.29) is 26.8 Å². The van der Waals surface area contributed by atoms with Crippen LogP contribution in [0.5, 0.6) is 17.4 Å². The molecule has 0 bridgehead atoms. The summed E-state index contributed by atoms with van der Waals surface area (Å²) in [6.07, 6.45) is -3.83. The Bertz CT molecular complexity index is 1470.